The summed E-state index contributed by atoms with van der Waals surface area (Å²) in [4.78, 5) is 19.5. The molecule has 3 saturated carbocycles. The summed E-state index contributed by atoms with van der Waals surface area (Å²) < 4.78 is 48.7. The molecule has 2 atom stereocenters. The Balaban J connectivity index is 1.28. The lowest BCUT2D eigenvalue weighted by Crippen LogP contribution is -2.49. The van der Waals surface area contributed by atoms with Gasteiger partial charge in [-0.05, 0) is 66.5 Å². The second-order valence-electron chi connectivity index (χ2n) is 11.1. The Morgan fingerprint density at radius 3 is 2.61 bits per heavy atom. The first-order chi connectivity index (χ1) is 18.2. The number of nitrogens with one attached hydrogen (secondary N) is 1. The van der Waals surface area contributed by atoms with E-state index in [1.807, 2.05) is 23.7 Å². The highest BCUT2D eigenvalue weighted by atomic mass is 19.4. The number of benzene rings is 1. The minimum Gasteiger partial charge on any atom is -0.379 e. The quantitative estimate of drug-likeness (QED) is 0.523. The van der Waals surface area contributed by atoms with Crippen molar-refractivity contribution >= 4 is 17.5 Å². The molecule has 4 fully saturated rings. The summed E-state index contributed by atoms with van der Waals surface area (Å²) in [5.74, 6) is 2.54. The maximum atomic E-state index is 13.7. The Hall–Kier alpha value is -3.47. The van der Waals surface area contributed by atoms with Crippen LogP contribution < -0.4 is 10.2 Å². The Morgan fingerprint density at radius 2 is 1.97 bits per heavy atom. The second-order valence-corrected chi connectivity index (χ2v) is 11.1. The van der Waals surface area contributed by atoms with Gasteiger partial charge in [-0.1, -0.05) is 6.07 Å². The Kier molecular flexibility index (Phi) is 5.14. The van der Waals surface area contributed by atoms with E-state index in [0.717, 1.165) is 17.5 Å². The van der Waals surface area contributed by atoms with Crippen LogP contribution in [0.4, 0.5) is 24.8 Å². The molecule has 8 rings (SSSR count). The van der Waals surface area contributed by atoms with E-state index in [-0.39, 0.29) is 17.7 Å². The standard InChI is InChI=1S/C27H27F3N6O2/c1-35-14-31-34-23(35)10-26(12-38-13-26)17-8-21(33-24-15-5-6-16(24)7-15)32-22(9-17)36-11-19-18(25(36)37)3-2-4-20(19)27(28,29)30/h2-4,8-9,14-16,24H,5-7,10-13H2,1H3,(H,32,33). The number of halogens is 3. The topological polar surface area (TPSA) is 85.2 Å². The van der Waals surface area contributed by atoms with E-state index in [1.165, 1.54) is 36.3 Å². The molecule has 1 N–H and O–H groups in total. The van der Waals surface area contributed by atoms with Crippen LogP contribution in [-0.2, 0) is 36.3 Å². The van der Waals surface area contributed by atoms with Crippen LogP contribution in [0.5, 0.6) is 0 Å². The monoisotopic (exact) mass is 524 g/mol. The maximum absolute atomic E-state index is 13.7. The van der Waals surface area contributed by atoms with Gasteiger partial charge in [-0.3, -0.25) is 9.69 Å². The van der Waals surface area contributed by atoms with Crippen molar-refractivity contribution in [1.29, 1.82) is 0 Å². The Labute approximate surface area is 217 Å². The van der Waals surface area contributed by atoms with E-state index in [4.69, 9.17) is 9.72 Å². The Bertz CT molecular complexity index is 1420. The number of carbonyl (C=O) groups is 1. The van der Waals surface area contributed by atoms with E-state index in [0.29, 0.717) is 49.1 Å². The van der Waals surface area contributed by atoms with Crippen LogP contribution >= 0.6 is 0 Å². The number of hydrogen-bond acceptors (Lipinski definition) is 6. The smallest absolute Gasteiger partial charge is 0.379 e. The summed E-state index contributed by atoms with van der Waals surface area (Å²) in [5.41, 5.74) is -0.201. The zero-order valence-electron chi connectivity index (χ0n) is 20.8. The van der Waals surface area contributed by atoms with Gasteiger partial charge in [0.1, 0.15) is 23.8 Å². The number of carbonyl (C=O) groups excluding carboxylic acids is 1. The first-order valence-electron chi connectivity index (χ1n) is 12.9. The van der Waals surface area contributed by atoms with Crippen molar-refractivity contribution in [3.05, 3.63) is 64.7 Å². The number of aromatic nitrogens is 4. The number of pyridine rings is 1. The van der Waals surface area contributed by atoms with E-state index in [1.54, 1.807) is 6.33 Å². The second kappa shape index (κ2) is 8.26. The summed E-state index contributed by atoms with van der Waals surface area (Å²) in [5, 5.41) is 11.9. The minimum atomic E-state index is -4.55. The van der Waals surface area contributed by atoms with Gasteiger partial charge in [-0.25, -0.2) is 4.98 Å². The zero-order chi connectivity index (χ0) is 26.2. The number of fused-ring (bicyclic) bond motifs is 2. The lowest BCUT2D eigenvalue weighted by molar-refractivity contribution is -0.138. The Morgan fingerprint density at radius 1 is 1.18 bits per heavy atom. The minimum absolute atomic E-state index is 0.00970. The van der Waals surface area contributed by atoms with Crippen LogP contribution in [0.3, 0.4) is 0 Å². The number of aryl methyl sites for hydroxylation is 1. The highest BCUT2D eigenvalue weighted by Gasteiger charge is 2.48. The number of alkyl halides is 3. The fourth-order valence-electron chi connectivity index (χ4n) is 6.61. The van der Waals surface area contributed by atoms with Crippen LogP contribution in [0.2, 0.25) is 0 Å². The first kappa shape index (κ1) is 23.6. The van der Waals surface area contributed by atoms with E-state index in [9.17, 15) is 18.0 Å². The molecule has 0 radical (unpaired) electrons. The van der Waals surface area contributed by atoms with Gasteiger partial charge < -0.3 is 14.6 Å². The van der Waals surface area contributed by atoms with E-state index < -0.39 is 23.1 Å². The maximum Gasteiger partial charge on any atom is 0.416 e. The third kappa shape index (κ3) is 3.62. The molecule has 8 nitrogen and oxygen atoms in total. The van der Waals surface area contributed by atoms with Gasteiger partial charge in [0.25, 0.3) is 5.91 Å². The number of hydrogen-bond donors (Lipinski definition) is 1. The number of ether oxygens (including phenoxy) is 1. The molecular formula is C27H27F3N6O2. The van der Waals surface area contributed by atoms with Crippen molar-refractivity contribution in [2.75, 3.05) is 23.4 Å². The van der Waals surface area contributed by atoms with E-state index >= 15 is 0 Å². The normalized spacial score (nSPS) is 25.2. The molecule has 0 spiro atoms. The van der Waals surface area contributed by atoms with Crippen LogP contribution in [0.1, 0.15) is 52.1 Å². The average molecular weight is 525 g/mol. The van der Waals surface area contributed by atoms with Gasteiger partial charge in [0, 0.05) is 30.5 Å². The molecule has 2 aromatic heterocycles. The molecule has 5 aliphatic rings. The number of nitrogens with zero attached hydrogens (tertiary/aromatic N) is 5. The number of rotatable bonds is 6. The van der Waals surface area contributed by atoms with Crippen LogP contribution in [-0.4, -0.2) is 44.9 Å². The SMILES string of the molecule is Cn1cnnc1CC1(c2cc(NC3C4CCC3C4)nc(N3Cc4c(cccc4C(F)(F)F)C3=O)c2)COC1. The molecule has 198 valence electrons. The predicted molar refractivity (Wildman–Crippen MR) is 132 cm³/mol. The molecule has 3 aromatic rings. The summed E-state index contributed by atoms with van der Waals surface area (Å²) in [7, 11) is 1.89. The third-order valence-corrected chi connectivity index (χ3v) is 8.88. The summed E-state index contributed by atoms with van der Waals surface area (Å²) >= 11 is 0. The molecule has 1 amide bonds. The van der Waals surface area contributed by atoms with Gasteiger partial charge in [-0.15, -0.1) is 10.2 Å². The molecule has 38 heavy (non-hydrogen) atoms. The van der Waals surface area contributed by atoms with Crippen LogP contribution in [0.15, 0.2) is 36.7 Å². The molecule has 3 aliphatic carbocycles. The van der Waals surface area contributed by atoms with Crippen LogP contribution in [0, 0.1) is 11.8 Å². The van der Waals surface area contributed by atoms with Gasteiger partial charge >= 0.3 is 6.18 Å². The largest absolute Gasteiger partial charge is 0.416 e. The molecule has 4 heterocycles. The lowest BCUT2D eigenvalue weighted by atomic mass is 9.75. The van der Waals surface area contributed by atoms with Crippen molar-refractivity contribution in [2.45, 2.75) is 49.9 Å². The lowest BCUT2D eigenvalue weighted by Gasteiger charge is -2.42. The number of amides is 1. The summed E-state index contributed by atoms with van der Waals surface area (Å²) in [6.45, 7) is 0.745. The molecule has 1 saturated heterocycles. The molecule has 2 unspecified atom stereocenters. The van der Waals surface area contributed by atoms with Gasteiger partial charge in [-0.2, -0.15) is 13.2 Å². The average Bonchev–Trinajstić information content (AvgIpc) is 3.64. The molecule has 11 heteroatoms. The van der Waals surface area contributed by atoms with Crippen molar-refractivity contribution in [2.24, 2.45) is 18.9 Å². The fraction of sp³-hybridized carbons (Fsp3) is 0.481. The number of anilines is 2. The highest BCUT2D eigenvalue weighted by molar-refractivity contribution is 6.10. The van der Waals surface area contributed by atoms with Gasteiger partial charge in [0.15, 0.2) is 0 Å². The first-order valence-corrected chi connectivity index (χ1v) is 12.9. The van der Waals surface area contributed by atoms with Crippen molar-refractivity contribution < 1.29 is 22.7 Å². The summed E-state index contributed by atoms with van der Waals surface area (Å²) in [6.07, 6.45) is 1.29. The predicted octanol–water partition coefficient (Wildman–Crippen LogP) is 4.11. The zero-order valence-corrected chi connectivity index (χ0v) is 20.8. The highest BCUT2D eigenvalue weighted by Crippen LogP contribution is 2.50. The van der Waals surface area contributed by atoms with E-state index in [2.05, 4.69) is 15.5 Å². The van der Waals surface area contributed by atoms with Crippen molar-refractivity contribution in [3.8, 4) is 0 Å². The van der Waals surface area contributed by atoms with Crippen molar-refractivity contribution in [3.63, 3.8) is 0 Å². The molecular weight excluding hydrogens is 497 g/mol. The third-order valence-electron chi connectivity index (χ3n) is 8.88. The van der Waals surface area contributed by atoms with Crippen molar-refractivity contribution in [1.82, 2.24) is 19.7 Å². The van der Waals surface area contributed by atoms with Gasteiger partial charge in [0.2, 0.25) is 0 Å². The molecule has 2 bridgehead atoms. The summed E-state index contributed by atoms with van der Waals surface area (Å²) in [6, 6.07) is 7.94. The van der Waals surface area contributed by atoms with Gasteiger partial charge in [0.05, 0.1) is 25.3 Å². The molecule has 1 aromatic carbocycles. The fourth-order valence-corrected chi connectivity index (χ4v) is 6.61. The van der Waals surface area contributed by atoms with Crippen LogP contribution in [0.25, 0.3) is 0 Å². The molecule has 2 aliphatic heterocycles.